The molecule has 44 heavy (non-hydrogen) atoms. The molecule has 7 N–H and O–H groups in total. The molecule has 0 bridgehead atoms. The fourth-order valence-electron chi connectivity index (χ4n) is 6.80. The molecule has 2 unspecified atom stereocenters. The van der Waals surface area contributed by atoms with Gasteiger partial charge in [0.25, 0.3) is 0 Å². The van der Waals surface area contributed by atoms with Crippen molar-refractivity contribution in [3.63, 3.8) is 0 Å². The van der Waals surface area contributed by atoms with E-state index in [1.165, 1.54) is 0 Å². The molecule has 10 nitrogen and oxygen atoms in total. The Morgan fingerprint density at radius 3 is 2.39 bits per heavy atom. The van der Waals surface area contributed by atoms with Gasteiger partial charge in [-0.3, -0.25) is 14.4 Å². The monoisotopic (exact) mass is 624 g/mol. The van der Waals surface area contributed by atoms with Gasteiger partial charge >= 0.3 is 11.9 Å². The van der Waals surface area contributed by atoms with Crippen molar-refractivity contribution in [1.82, 2.24) is 20.9 Å². The van der Waals surface area contributed by atoms with Crippen LogP contribution in [-0.2, 0) is 27.2 Å². The minimum Gasteiger partial charge on any atom is -0.495 e. The highest BCUT2D eigenvalue weighted by molar-refractivity contribution is 7.80. The number of carboxylic acids is 2. The van der Waals surface area contributed by atoms with E-state index >= 15 is 0 Å². The van der Waals surface area contributed by atoms with Crippen LogP contribution >= 0.6 is 12.6 Å². The molecular formula is C33H44N4O6S. The number of rotatable bonds is 12. The molecule has 238 valence electrons. The third kappa shape index (κ3) is 6.77. The lowest BCUT2D eigenvalue weighted by Crippen LogP contribution is -2.33. The number of amides is 1. The second kappa shape index (κ2) is 13.4. The Bertz CT molecular complexity index is 1480. The number of carboxylic acid groups (broad SMARTS) is 2. The molecule has 4 heterocycles. The van der Waals surface area contributed by atoms with E-state index in [1.807, 2.05) is 40.7 Å². The summed E-state index contributed by atoms with van der Waals surface area (Å²) >= 11 is 4.63. The number of hydrogen-bond donors (Lipinski definition) is 8. The van der Waals surface area contributed by atoms with Gasteiger partial charge in [-0.1, -0.05) is 39.5 Å². The van der Waals surface area contributed by atoms with Crippen LogP contribution in [0.2, 0.25) is 0 Å². The number of carbonyl (C=O) groups excluding carboxylic acids is 1. The maximum atomic E-state index is 12.5. The number of allylic oxidation sites excluding steroid dienone is 2. The third-order valence-electron chi connectivity index (χ3n) is 9.34. The lowest BCUT2D eigenvalue weighted by atomic mass is 9.91. The smallest absolute Gasteiger partial charge is 0.307 e. The maximum Gasteiger partial charge on any atom is 0.307 e. The average Bonchev–Trinajstić information content (AvgIpc) is 3.59. The first-order valence-corrected chi connectivity index (χ1v) is 15.6. The van der Waals surface area contributed by atoms with Crippen molar-refractivity contribution < 1.29 is 29.7 Å². The van der Waals surface area contributed by atoms with Crippen LogP contribution in [0.1, 0.15) is 69.5 Å². The Kier molecular flexibility index (Phi) is 10.1. The van der Waals surface area contributed by atoms with Crippen LogP contribution in [0, 0.1) is 24.7 Å². The Balaban J connectivity index is 1.67. The molecule has 1 saturated heterocycles. The van der Waals surface area contributed by atoms with Gasteiger partial charge in [0, 0.05) is 76.7 Å². The van der Waals surface area contributed by atoms with E-state index in [2.05, 4.69) is 40.1 Å². The normalized spacial score (nSPS) is 27.6. The van der Waals surface area contributed by atoms with Gasteiger partial charge in [-0.05, 0) is 48.6 Å². The third-order valence-corrected chi connectivity index (χ3v) is 9.66. The summed E-state index contributed by atoms with van der Waals surface area (Å²) in [4.78, 5) is 39.1. The summed E-state index contributed by atoms with van der Waals surface area (Å²) in [5, 5.41) is 39.0. The number of nitrogens with one attached hydrogen (secondary N) is 4. The minimum absolute atomic E-state index is 0.0342. The number of thiol groups is 1. The van der Waals surface area contributed by atoms with Crippen molar-refractivity contribution >= 4 is 36.6 Å². The molecular weight excluding hydrogens is 580 g/mol. The minimum atomic E-state index is -0.930. The number of aromatic nitrogens is 1. The lowest BCUT2D eigenvalue weighted by molar-refractivity contribution is -0.137. The standard InChI is InChI=1S/C33H44N4O6S/c1-7-20-15(2)25(36-33(20)43)12-23-16(3)21(8-10-29(38)39)26(34-23)14-27-22(9-11-30(40)41)17(4)24(35-27)13-28-31(19(6)44)18(5)32(42)37-28/h7-8,13,15,18-19,25-26,31,34-36,43-44H,1,9-12,14H2,2-6H3,(H,37,42)(H,38,39)(H,40,41)/b21-8-,28-13-/t15?,18-,19-,25-,26?,31+/m1/s1. The van der Waals surface area contributed by atoms with E-state index in [1.54, 1.807) is 12.2 Å². The molecule has 3 aliphatic rings. The number of hydrogen-bond acceptors (Lipinski definition) is 7. The first kappa shape index (κ1) is 33.0. The van der Waals surface area contributed by atoms with Crippen LogP contribution in [0.5, 0.6) is 0 Å². The van der Waals surface area contributed by atoms with Crippen molar-refractivity contribution in [3.05, 3.63) is 75.2 Å². The summed E-state index contributed by atoms with van der Waals surface area (Å²) in [7, 11) is 0. The van der Waals surface area contributed by atoms with Crippen molar-refractivity contribution in [2.45, 2.75) is 84.1 Å². The van der Waals surface area contributed by atoms with E-state index in [-0.39, 0.29) is 59.7 Å². The second-order valence-corrected chi connectivity index (χ2v) is 13.0. The average molecular weight is 625 g/mol. The quantitative estimate of drug-likeness (QED) is 0.157. The van der Waals surface area contributed by atoms with Crippen LogP contribution in [0.25, 0.3) is 6.08 Å². The van der Waals surface area contributed by atoms with E-state index in [0.717, 1.165) is 50.6 Å². The van der Waals surface area contributed by atoms with E-state index in [9.17, 15) is 29.7 Å². The first-order valence-electron chi connectivity index (χ1n) is 15.1. The van der Waals surface area contributed by atoms with Gasteiger partial charge in [0.05, 0.1) is 12.5 Å². The highest BCUT2D eigenvalue weighted by Gasteiger charge is 2.38. The van der Waals surface area contributed by atoms with Crippen LogP contribution in [0.3, 0.4) is 0 Å². The van der Waals surface area contributed by atoms with Crippen molar-refractivity contribution in [2.24, 2.45) is 17.8 Å². The number of carbonyl (C=O) groups is 3. The van der Waals surface area contributed by atoms with E-state index in [4.69, 9.17) is 0 Å². The lowest BCUT2D eigenvalue weighted by Gasteiger charge is -2.20. The van der Waals surface area contributed by atoms with Gasteiger partial charge in [-0.2, -0.15) is 12.6 Å². The zero-order valence-corrected chi connectivity index (χ0v) is 26.8. The predicted octanol–water partition coefficient (Wildman–Crippen LogP) is 4.52. The van der Waals surface area contributed by atoms with Gasteiger partial charge in [0.15, 0.2) is 5.88 Å². The summed E-state index contributed by atoms with van der Waals surface area (Å²) in [5.41, 5.74) is 7.80. The molecule has 11 heteroatoms. The molecule has 0 saturated carbocycles. The summed E-state index contributed by atoms with van der Waals surface area (Å²) in [6.45, 7) is 13.6. The largest absolute Gasteiger partial charge is 0.495 e. The summed E-state index contributed by atoms with van der Waals surface area (Å²) in [6.07, 6.45) is 6.54. The zero-order valence-electron chi connectivity index (χ0n) is 26.0. The number of aliphatic hydroxyl groups excluding tert-OH is 1. The molecule has 0 spiro atoms. The van der Waals surface area contributed by atoms with E-state index < -0.39 is 11.9 Å². The van der Waals surface area contributed by atoms with Crippen molar-refractivity contribution in [3.8, 4) is 0 Å². The molecule has 0 aliphatic carbocycles. The SMILES string of the molecule is C=CC1=C(O)N[C@H](CC2=C(C)/C(=C/CC(=O)O)C(Cc3[nH]c(/C=C4\NC(=O)[C@H](C)[C@H]4[C@@H](C)S)c(C)c3CCC(=O)O)N2)C1C. The van der Waals surface area contributed by atoms with Gasteiger partial charge in [-0.25, -0.2) is 0 Å². The maximum absolute atomic E-state index is 12.5. The van der Waals surface area contributed by atoms with Gasteiger partial charge in [0.1, 0.15) is 0 Å². The van der Waals surface area contributed by atoms with Crippen LogP contribution in [-0.4, -0.2) is 55.5 Å². The molecule has 4 rings (SSSR count). The van der Waals surface area contributed by atoms with Gasteiger partial charge in [0.2, 0.25) is 5.91 Å². The van der Waals surface area contributed by atoms with Crippen molar-refractivity contribution in [2.75, 3.05) is 0 Å². The molecule has 1 aromatic rings. The van der Waals surface area contributed by atoms with Crippen LogP contribution in [0.4, 0.5) is 0 Å². The van der Waals surface area contributed by atoms with E-state index in [0.29, 0.717) is 19.3 Å². The molecule has 1 amide bonds. The molecule has 6 atom stereocenters. The Hall–Kier alpha value is -3.86. The second-order valence-electron chi connectivity index (χ2n) is 12.2. The molecule has 1 aromatic heterocycles. The summed E-state index contributed by atoms with van der Waals surface area (Å²) < 4.78 is 0. The number of aliphatic carboxylic acids is 2. The molecule has 1 fully saturated rings. The topological polar surface area (TPSA) is 164 Å². The molecule has 0 aromatic carbocycles. The molecule has 3 aliphatic heterocycles. The highest BCUT2D eigenvalue weighted by atomic mass is 32.1. The number of aliphatic hydroxyl groups is 1. The summed E-state index contributed by atoms with van der Waals surface area (Å²) in [5.74, 6) is -2.02. The fourth-order valence-corrected chi connectivity index (χ4v) is 7.21. The number of H-pyrrole nitrogens is 1. The Morgan fingerprint density at radius 1 is 1.09 bits per heavy atom. The van der Waals surface area contributed by atoms with Crippen molar-refractivity contribution in [1.29, 1.82) is 0 Å². The van der Waals surface area contributed by atoms with Crippen LogP contribution < -0.4 is 16.0 Å². The predicted molar refractivity (Wildman–Crippen MR) is 173 cm³/mol. The fraction of sp³-hybridized carbons (Fsp3) is 0.485. The Labute approximate surface area is 263 Å². The van der Waals surface area contributed by atoms with Gasteiger partial charge in [-0.15, -0.1) is 0 Å². The highest BCUT2D eigenvalue weighted by Crippen LogP contribution is 2.37. The molecule has 0 radical (unpaired) electrons. The summed E-state index contributed by atoms with van der Waals surface area (Å²) in [6, 6.07) is -0.316. The van der Waals surface area contributed by atoms with Gasteiger partial charge < -0.3 is 36.3 Å². The first-order chi connectivity index (χ1) is 20.7. The zero-order chi connectivity index (χ0) is 32.5. The number of aromatic amines is 1. The Morgan fingerprint density at radius 2 is 1.80 bits per heavy atom. The van der Waals surface area contributed by atoms with Crippen LogP contribution in [0.15, 0.2) is 52.7 Å².